The summed E-state index contributed by atoms with van der Waals surface area (Å²) >= 11 is 12.8. The normalized spacial score (nSPS) is 15.5. The van der Waals surface area contributed by atoms with Gasteiger partial charge in [-0.05, 0) is 31.1 Å². The SMILES string of the molecule is C=C(C)COc1cc2oc(=O)c(CC(=O)N3CCN(C4=C(Cl)C(=O)c5ccccc5C4=O)CC3)c(C)c2cc1Cl. The van der Waals surface area contributed by atoms with Gasteiger partial charge in [-0.1, -0.05) is 54.0 Å². The Morgan fingerprint density at radius 2 is 1.68 bits per heavy atom. The fraction of sp³-hybridized carbons (Fsp3) is 0.267. The van der Waals surface area contributed by atoms with Crippen LogP contribution in [0.5, 0.6) is 5.75 Å². The average molecular weight is 581 g/mol. The lowest BCUT2D eigenvalue weighted by molar-refractivity contribution is -0.132. The van der Waals surface area contributed by atoms with E-state index in [9.17, 15) is 19.2 Å². The Morgan fingerprint density at radius 1 is 1.02 bits per heavy atom. The number of allylic oxidation sites excluding steroid dienone is 2. The molecule has 1 amide bonds. The molecule has 0 radical (unpaired) electrons. The minimum Gasteiger partial charge on any atom is -0.488 e. The number of benzene rings is 2. The third-order valence-electron chi connectivity index (χ3n) is 7.13. The first-order chi connectivity index (χ1) is 19.1. The number of aryl methyl sites for hydroxylation is 1. The van der Waals surface area contributed by atoms with Crippen LogP contribution in [0.25, 0.3) is 11.0 Å². The van der Waals surface area contributed by atoms with E-state index in [1.807, 2.05) is 6.92 Å². The van der Waals surface area contributed by atoms with E-state index in [0.29, 0.717) is 59.0 Å². The predicted octanol–water partition coefficient (Wildman–Crippen LogP) is 4.93. The summed E-state index contributed by atoms with van der Waals surface area (Å²) in [4.78, 5) is 55.4. The number of carbonyl (C=O) groups excluding carboxylic acids is 3. The Kier molecular flexibility index (Phi) is 7.57. The molecular formula is C30H26Cl2N2O6. The van der Waals surface area contributed by atoms with Gasteiger partial charge < -0.3 is 19.0 Å². The highest BCUT2D eigenvalue weighted by Gasteiger charge is 2.36. The Labute approximate surface area is 240 Å². The summed E-state index contributed by atoms with van der Waals surface area (Å²) in [6.07, 6.45) is -0.149. The van der Waals surface area contributed by atoms with Gasteiger partial charge in [0.2, 0.25) is 17.5 Å². The molecule has 0 atom stereocenters. The van der Waals surface area contributed by atoms with Crippen LogP contribution in [0.2, 0.25) is 5.02 Å². The molecule has 1 aliphatic carbocycles. The van der Waals surface area contributed by atoms with Gasteiger partial charge in [-0.2, -0.15) is 0 Å². The average Bonchev–Trinajstić information content (AvgIpc) is 2.94. The summed E-state index contributed by atoms with van der Waals surface area (Å²) in [6.45, 7) is 8.86. The molecule has 1 aliphatic heterocycles. The van der Waals surface area contributed by atoms with Crippen molar-refractivity contribution in [1.29, 1.82) is 0 Å². The highest BCUT2D eigenvalue weighted by atomic mass is 35.5. The summed E-state index contributed by atoms with van der Waals surface area (Å²) in [5.41, 5.74) is 2.14. The minimum absolute atomic E-state index is 0.111. The van der Waals surface area contributed by atoms with E-state index in [1.54, 1.807) is 53.1 Å². The van der Waals surface area contributed by atoms with Gasteiger partial charge >= 0.3 is 5.63 Å². The minimum atomic E-state index is -0.605. The van der Waals surface area contributed by atoms with E-state index in [-0.39, 0.29) is 46.6 Å². The van der Waals surface area contributed by atoms with Gasteiger partial charge in [0.15, 0.2) is 0 Å². The number of carbonyl (C=O) groups is 3. The zero-order chi connectivity index (χ0) is 28.7. The van der Waals surface area contributed by atoms with Crippen molar-refractivity contribution in [2.75, 3.05) is 32.8 Å². The van der Waals surface area contributed by atoms with Crippen LogP contribution in [0.15, 0.2) is 68.5 Å². The smallest absolute Gasteiger partial charge is 0.340 e. The van der Waals surface area contributed by atoms with Gasteiger partial charge in [0.25, 0.3) is 0 Å². The zero-order valence-corrected chi connectivity index (χ0v) is 23.5. The monoisotopic (exact) mass is 580 g/mol. The summed E-state index contributed by atoms with van der Waals surface area (Å²) in [7, 11) is 0. The molecule has 0 N–H and O–H groups in total. The molecule has 3 aromatic rings. The Hall–Kier alpha value is -3.88. The number of Topliss-reactive ketones (excluding diaryl/α,β-unsaturated/α-hetero) is 2. The number of rotatable bonds is 6. The van der Waals surface area contributed by atoms with Crippen LogP contribution in [0, 0.1) is 6.92 Å². The second-order valence-electron chi connectivity index (χ2n) is 9.93. The van der Waals surface area contributed by atoms with Crippen LogP contribution in [0.4, 0.5) is 0 Å². The van der Waals surface area contributed by atoms with Gasteiger partial charge in [-0.15, -0.1) is 0 Å². The van der Waals surface area contributed by atoms with E-state index in [0.717, 1.165) is 5.57 Å². The predicted molar refractivity (Wildman–Crippen MR) is 152 cm³/mol. The molecule has 40 heavy (non-hydrogen) atoms. The van der Waals surface area contributed by atoms with E-state index in [2.05, 4.69) is 6.58 Å². The Bertz CT molecular complexity index is 1680. The van der Waals surface area contributed by atoms with Gasteiger partial charge in [-0.3, -0.25) is 14.4 Å². The number of nitrogens with zero attached hydrogens (tertiary/aromatic N) is 2. The Morgan fingerprint density at radius 3 is 2.33 bits per heavy atom. The topological polar surface area (TPSA) is 97.1 Å². The maximum atomic E-state index is 13.2. The number of fused-ring (bicyclic) bond motifs is 2. The van der Waals surface area contributed by atoms with Crippen LogP contribution >= 0.6 is 23.2 Å². The molecule has 2 heterocycles. The molecule has 8 nitrogen and oxygen atoms in total. The number of ether oxygens (including phenoxy) is 1. The van der Waals surface area contributed by atoms with Gasteiger partial charge in [0.1, 0.15) is 28.7 Å². The summed E-state index contributed by atoms with van der Waals surface area (Å²) < 4.78 is 11.2. The number of hydrogen-bond donors (Lipinski definition) is 0. The molecule has 0 bridgehead atoms. The van der Waals surface area contributed by atoms with Crippen molar-refractivity contribution in [1.82, 2.24) is 9.80 Å². The first kappa shape index (κ1) is 27.7. The van der Waals surface area contributed by atoms with Crippen molar-refractivity contribution in [3.63, 3.8) is 0 Å². The fourth-order valence-electron chi connectivity index (χ4n) is 4.96. The van der Waals surface area contributed by atoms with E-state index >= 15 is 0 Å². The molecule has 0 spiro atoms. The zero-order valence-electron chi connectivity index (χ0n) is 22.0. The maximum absolute atomic E-state index is 13.2. The maximum Gasteiger partial charge on any atom is 0.340 e. The molecule has 2 aromatic carbocycles. The fourth-order valence-corrected chi connectivity index (χ4v) is 5.49. The number of piperazine rings is 1. The van der Waals surface area contributed by atoms with Gasteiger partial charge in [0, 0.05) is 48.8 Å². The first-order valence-electron chi connectivity index (χ1n) is 12.7. The van der Waals surface area contributed by atoms with E-state index < -0.39 is 11.4 Å². The third kappa shape index (κ3) is 5.05. The molecule has 0 unspecified atom stereocenters. The van der Waals surface area contributed by atoms with Crippen LogP contribution in [0.1, 0.15) is 38.8 Å². The second-order valence-corrected chi connectivity index (χ2v) is 10.7. The molecule has 1 fully saturated rings. The standard InChI is InChI=1S/C30H26Cl2N2O6/c1-16(2)15-39-24-14-23-20(12-22(24)31)17(3)21(30(38)40-23)13-25(35)33-8-10-34(11-9-33)27-26(32)28(36)18-6-4-5-7-19(18)29(27)37/h4-7,12,14H,1,8-11,13,15H2,2-3H3. The first-order valence-corrected chi connectivity index (χ1v) is 13.5. The quantitative estimate of drug-likeness (QED) is 0.301. The van der Waals surface area contributed by atoms with E-state index in [1.165, 1.54) is 0 Å². The van der Waals surface area contributed by atoms with Crippen molar-refractivity contribution >= 4 is 51.6 Å². The van der Waals surface area contributed by atoms with Crippen LogP contribution < -0.4 is 10.4 Å². The van der Waals surface area contributed by atoms with Crippen molar-refractivity contribution in [3.05, 3.63) is 97.0 Å². The summed E-state index contributed by atoms with van der Waals surface area (Å²) in [5.74, 6) is -0.577. The number of halogens is 2. The van der Waals surface area contributed by atoms with Crippen molar-refractivity contribution in [3.8, 4) is 5.75 Å². The number of hydrogen-bond acceptors (Lipinski definition) is 7. The van der Waals surface area contributed by atoms with Crippen molar-refractivity contribution in [2.24, 2.45) is 0 Å². The molecule has 2 aliphatic rings. The Balaban J connectivity index is 1.31. The van der Waals surface area contributed by atoms with Crippen molar-refractivity contribution < 1.29 is 23.5 Å². The lowest BCUT2D eigenvalue weighted by Gasteiger charge is -2.38. The molecule has 0 saturated carbocycles. The van der Waals surface area contributed by atoms with E-state index in [4.69, 9.17) is 32.4 Å². The highest BCUT2D eigenvalue weighted by molar-refractivity contribution is 6.49. The second kappa shape index (κ2) is 10.9. The molecule has 1 aromatic heterocycles. The van der Waals surface area contributed by atoms with Crippen LogP contribution in [0.3, 0.4) is 0 Å². The number of ketones is 2. The van der Waals surface area contributed by atoms with Gasteiger partial charge in [-0.25, -0.2) is 4.79 Å². The lowest BCUT2D eigenvalue weighted by atomic mass is 9.91. The number of amides is 1. The van der Waals surface area contributed by atoms with Crippen molar-refractivity contribution in [2.45, 2.75) is 20.3 Å². The molecule has 206 valence electrons. The molecule has 5 rings (SSSR count). The van der Waals surface area contributed by atoms with Gasteiger partial charge in [0.05, 0.1) is 17.0 Å². The molecule has 10 heteroatoms. The molecule has 1 saturated heterocycles. The summed E-state index contributed by atoms with van der Waals surface area (Å²) in [5, 5.41) is 0.854. The summed E-state index contributed by atoms with van der Waals surface area (Å²) in [6, 6.07) is 9.81. The third-order valence-corrected chi connectivity index (χ3v) is 7.78. The largest absolute Gasteiger partial charge is 0.488 e. The molecular weight excluding hydrogens is 555 g/mol. The lowest BCUT2D eigenvalue weighted by Crippen LogP contribution is -2.50. The highest BCUT2D eigenvalue weighted by Crippen LogP contribution is 2.33. The van der Waals surface area contributed by atoms with Crippen LogP contribution in [-0.4, -0.2) is 60.1 Å². The van der Waals surface area contributed by atoms with Crippen LogP contribution in [-0.2, 0) is 11.2 Å².